The van der Waals surface area contributed by atoms with Gasteiger partial charge in [0.05, 0.1) is 6.20 Å². The second-order valence-corrected chi connectivity index (χ2v) is 2.40. The highest BCUT2D eigenvalue weighted by Gasteiger charge is 1.99. The molecule has 0 saturated heterocycles. The van der Waals surface area contributed by atoms with Crippen molar-refractivity contribution in [2.75, 3.05) is 7.05 Å². The van der Waals surface area contributed by atoms with E-state index in [-0.39, 0.29) is 5.78 Å². The van der Waals surface area contributed by atoms with Crippen LogP contribution in [0.3, 0.4) is 0 Å². The maximum Gasteiger partial charge on any atom is 0.163 e. The number of pyridine rings is 1. The molecule has 1 rings (SSSR count). The average molecular weight is 166 g/mol. The Morgan fingerprint density at radius 1 is 1.58 bits per heavy atom. The third-order valence-corrected chi connectivity index (χ3v) is 1.54. The van der Waals surface area contributed by atoms with E-state index in [1.54, 1.807) is 19.2 Å². The lowest BCUT2D eigenvalue weighted by Gasteiger charge is -1.99. The minimum absolute atomic E-state index is 0.0829. The summed E-state index contributed by atoms with van der Waals surface area (Å²) in [5.74, 6) is -0.0829. The molecule has 0 atom stereocenters. The van der Waals surface area contributed by atoms with E-state index in [4.69, 9.17) is 0 Å². The van der Waals surface area contributed by atoms with Gasteiger partial charge in [-0.3, -0.25) is 9.79 Å². The Hall–Kier alpha value is -1.58. The normalized spacial score (nSPS) is 11.7. The monoisotopic (exact) mass is 166 g/mol. The van der Waals surface area contributed by atoms with Gasteiger partial charge in [-0.1, -0.05) is 0 Å². The predicted molar refractivity (Wildman–Crippen MR) is 43.1 cm³/mol. The van der Waals surface area contributed by atoms with Crippen molar-refractivity contribution >= 4 is 5.78 Å². The van der Waals surface area contributed by atoms with Crippen LogP contribution in [0.4, 0.5) is 0 Å². The Morgan fingerprint density at radius 2 is 2.25 bits per heavy atom. The fourth-order valence-corrected chi connectivity index (χ4v) is 0.867. The van der Waals surface area contributed by atoms with Gasteiger partial charge in [0, 0.05) is 12.6 Å². The molecule has 0 aliphatic carbocycles. The van der Waals surface area contributed by atoms with E-state index in [0.29, 0.717) is 11.1 Å². The van der Waals surface area contributed by atoms with E-state index in [0.717, 1.165) is 4.73 Å². The van der Waals surface area contributed by atoms with Gasteiger partial charge in [0.25, 0.3) is 0 Å². The Kier molecular flexibility index (Phi) is 2.28. The number of carbonyl (C=O) groups is 1. The van der Waals surface area contributed by atoms with Crippen molar-refractivity contribution in [3.8, 4) is 0 Å². The third-order valence-electron chi connectivity index (χ3n) is 1.54. The van der Waals surface area contributed by atoms with Crippen LogP contribution < -0.4 is 5.49 Å². The Balaban J connectivity index is 3.29. The SMILES string of the molecule is CN=c1ccc(C(C)=O)cn1O. The number of aromatic nitrogens is 1. The fourth-order valence-electron chi connectivity index (χ4n) is 0.867. The number of hydrogen-bond donors (Lipinski definition) is 1. The molecule has 1 aromatic heterocycles. The van der Waals surface area contributed by atoms with Crippen LogP contribution in [0.25, 0.3) is 0 Å². The molecular formula is C8H10N2O2. The highest BCUT2D eigenvalue weighted by molar-refractivity contribution is 5.93. The summed E-state index contributed by atoms with van der Waals surface area (Å²) in [4.78, 5) is 14.6. The van der Waals surface area contributed by atoms with Gasteiger partial charge in [0.2, 0.25) is 0 Å². The molecule has 0 radical (unpaired) electrons. The van der Waals surface area contributed by atoms with Crippen LogP contribution in [0.5, 0.6) is 0 Å². The van der Waals surface area contributed by atoms with Gasteiger partial charge in [-0.05, 0) is 19.1 Å². The maximum absolute atomic E-state index is 10.8. The molecule has 4 heteroatoms. The van der Waals surface area contributed by atoms with Gasteiger partial charge in [0.15, 0.2) is 11.3 Å². The van der Waals surface area contributed by atoms with Crippen molar-refractivity contribution in [3.05, 3.63) is 29.4 Å². The van der Waals surface area contributed by atoms with Crippen molar-refractivity contribution in [1.29, 1.82) is 0 Å². The van der Waals surface area contributed by atoms with Crippen molar-refractivity contribution in [2.24, 2.45) is 4.99 Å². The zero-order valence-corrected chi connectivity index (χ0v) is 6.98. The number of Topliss-reactive ketones (excluding diaryl/α,β-unsaturated/α-hetero) is 1. The molecule has 0 spiro atoms. The van der Waals surface area contributed by atoms with Crippen molar-refractivity contribution in [1.82, 2.24) is 4.73 Å². The molecule has 64 valence electrons. The highest BCUT2D eigenvalue weighted by Crippen LogP contribution is 1.94. The highest BCUT2D eigenvalue weighted by atomic mass is 16.5. The van der Waals surface area contributed by atoms with Crippen LogP contribution in [-0.4, -0.2) is 22.8 Å². The maximum atomic E-state index is 10.8. The summed E-state index contributed by atoms with van der Waals surface area (Å²) in [6.45, 7) is 1.44. The second-order valence-electron chi connectivity index (χ2n) is 2.40. The summed E-state index contributed by atoms with van der Waals surface area (Å²) in [5, 5.41) is 9.21. The molecule has 1 N–H and O–H groups in total. The summed E-state index contributed by atoms with van der Waals surface area (Å²) >= 11 is 0. The molecule has 0 saturated carbocycles. The van der Waals surface area contributed by atoms with Crippen molar-refractivity contribution in [3.63, 3.8) is 0 Å². The van der Waals surface area contributed by atoms with E-state index < -0.39 is 0 Å². The molecule has 0 aliphatic rings. The van der Waals surface area contributed by atoms with Crippen molar-refractivity contribution < 1.29 is 10.0 Å². The smallest absolute Gasteiger partial charge is 0.163 e. The lowest BCUT2D eigenvalue weighted by molar-refractivity contribution is 0.101. The zero-order chi connectivity index (χ0) is 9.14. The van der Waals surface area contributed by atoms with E-state index in [1.807, 2.05) is 0 Å². The van der Waals surface area contributed by atoms with Gasteiger partial charge in [-0.25, -0.2) is 0 Å². The van der Waals surface area contributed by atoms with Crippen molar-refractivity contribution in [2.45, 2.75) is 6.92 Å². The first kappa shape index (κ1) is 8.52. The summed E-state index contributed by atoms with van der Waals surface area (Å²) in [6.07, 6.45) is 1.34. The molecule has 1 aromatic rings. The summed E-state index contributed by atoms with van der Waals surface area (Å²) < 4.78 is 0.830. The van der Waals surface area contributed by atoms with Crippen LogP contribution in [-0.2, 0) is 0 Å². The standard InChI is InChI=1S/C8H10N2O2/c1-6(11)7-3-4-8(9-2)10(12)5-7/h3-5,12H,1-2H3. The number of carbonyl (C=O) groups excluding carboxylic acids is 1. The number of ketones is 1. The number of nitrogens with zero attached hydrogens (tertiary/aromatic N) is 2. The lowest BCUT2D eigenvalue weighted by Crippen LogP contribution is -2.18. The van der Waals surface area contributed by atoms with E-state index >= 15 is 0 Å². The molecule has 0 aliphatic heterocycles. The quantitative estimate of drug-likeness (QED) is 0.486. The zero-order valence-electron chi connectivity index (χ0n) is 6.98. The number of hydrogen-bond acceptors (Lipinski definition) is 3. The average Bonchev–Trinajstić information content (AvgIpc) is 2.04. The van der Waals surface area contributed by atoms with Gasteiger partial charge >= 0.3 is 0 Å². The first-order valence-electron chi connectivity index (χ1n) is 3.51. The molecular weight excluding hydrogens is 156 g/mol. The molecule has 0 amide bonds. The lowest BCUT2D eigenvalue weighted by atomic mass is 10.2. The van der Waals surface area contributed by atoms with E-state index in [9.17, 15) is 10.0 Å². The third kappa shape index (κ3) is 1.53. The molecule has 0 bridgehead atoms. The van der Waals surface area contributed by atoms with Gasteiger partial charge in [-0.2, -0.15) is 4.73 Å². The first-order chi connectivity index (χ1) is 5.65. The second kappa shape index (κ2) is 3.21. The summed E-state index contributed by atoms with van der Waals surface area (Å²) in [7, 11) is 1.56. The molecule has 4 nitrogen and oxygen atoms in total. The Morgan fingerprint density at radius 3 is 2.67 bits per heavy atom. The molecule has 0 aromatic carbocycles. The summed E-state index contributed by atoms with van der Waals surface area (Å²) in [6, 6.07) is 3.20. The van der Waals surface area contributed by atoms with Gasteiger partial charge < -0.3 is 5.21 Å². The molecule has 1 heterocycles. The van der Waals surface area contributed by atoms with Crippen LogP contribution in [0.2, 0.25) is 0 Å². The number of rotatable bonds is 1. The van der Waals surface area contributed by atoms with Gasteiger partial charge in [0.1, 0.15) is 0 Å². The van der Waals surface area contributed by atoms with Crippen LogP contribution in [0.15, 0.2) is 23.3 Å². The van der Waals surface area contributed by atoms with Crippen LogP contribution >= 0.6 is 0 Å². The van der Waals surface area contributed by atoms with E-state index in [2.05, 4.69) is 4.99 Å². The summed E-state index contributed by atoms with van der Waals surface area (Å²) in [5.41, 5.74) is 0.880. The molecule has 0 fully saturated rings. The van der Waals surface area contributed by atoms with Crippen LogP contribution in [0, 0.1) is 0 Å². The minimum Gasteiger partial charge on any atom is -0.427 e. The Bertz CT molecular complexity index is 366. The minimum atomic E-state index is -0.0829. The first-order valence-corrected chi connectivity index (χ1v) is 3.51. The molecule has 0 unspecified atom stereocenters. The molecule has 12 heavy (non-hydrogen) atoms. The van der Waals surface area contributed by atoms with Crippen LogP contribution in [0.1, 0.15) is 17.3 Å². The van der Waals surface area contributed by atoms with E-state index in [1.165, 1.54) is 13.1 Å². The largest absolute Gasteiger partial charge is 0.427 e. The fraction of sp³-hybridized carbons (Fsp3) is 0.250. The predicted octanol–water partition coefficient (Wildman–Crippen LogP) is 0.458. The topological polar surface area (TPSA) is 54.6 Å². The van der Waals surface area contributed by atoms with Gasteiger partial charge in [-0.15, -0.1) is 0 Å². The Labute approximate surface area is 69.8 Å².